The Morgan fingerprint density at radius 1 is 1.36 bits per heavy atom. The molecule has 1 aliphatic rings. The van der Waals surface area contributed by atoms with Gasteiger partial charge in [0.15, 0.2) is 0 Å². The van der Waals surface area contributed by atoms with Gasteiger partial charge >= 0.3 is 0 Å². The van der Waals surface area contributed by atoms with Gasteiger partial charge in [-0.25, -0.2) is 4.99 Å². The van der Waals surface area contributed by atoms with Crippen molar-refractivity contribution in [1.29, 1.82) is 0 Å². The first kappa shape index (κ1) is 6.40. The largest absolute Gasteiger partial charge is 0.464 e. The Labute approximate surface area is 65.5 Å². The number of nitrogens with zero attached hydrogens (tertiary/aromatic N) is 1. The van der Waals surface area contributed by atoms with Gasteiger partial charge in [-0.2, -0.15) is 0 Å². The van der Waals surface area contributed by atoms with E-state index in [9.17, 15) is 0 Å². The standard InChI is InChI=1S/C9H8NO/c1-2-4-8(5-3-1)9-6-10-7-11-9/h1-5,9H,6H2/t9-/m1/s1. The normalized spacial score (nSPS) is 21.6. The van der Waals surface area contributed by atoms with Crippen LogP contribution in [0.4, 0.5) is 0 Å². The molecule has 0 saturated carbocycles. The van der Waals surface area contributed by atoms with Crippen molar-refractivity contribution in [1.82, 2.24) is 0 Å². The van der Waals surface area contributed by atoms with Gasteiger partial charge in [0.2, 0.25) is 0 Å². The van der Waals surface area contributed by atoms with Gasteiger partial charge in [-0.15, -0.1) is 0 Å². The summed E-state index contributed by atoms with van der Waals surface area (Å²) < 4.78 is 5.12. The molecule has 0 unspecified atom stereocenters. The lowest BCUT2D eigenvalue weighted by Crippen LogP contribution is -1.99. The zero-order valence-electron chi connectivity index (χ0n) is 6.03. The summed E-state index contributed by atoms with van der Waals surface area (Å²) in [5.74, 6) is 0. The van der Waals surface area contributed by atoms with E-state index in [-0.39, 0.29) is 6.10 Å². The van der Waals surface area contributed by atoms with Gasteiger partial charge in [0.1, 0.15) is 6.10 Å². The Bertz CT molecular complexity index is 248. The molecule has 0 saturated heterocycles. The van der Waals surface area contributed by atoms with Crippen molar-refractivity contribution in [3.05, 3.63) is 35.9 Å². The van der Waals surface area contributed by atoms with Crippen molar-refractivity contribution < 1.29 is 4.74 Å². The smallest absolute Gasteiger partial charge is 0.273 e. The molecule has 11 heavy (non-hydrogen) atoms. The van der Waals surface area contributed by atoms with Crippen molar-refractivity contribution in [2.75, 3.05) is 6.54 Å². The second-order valence-corrected chi connectivity index (χ2v) is 2.45. The molecular weight excluding hydrogens is 138 g/mol. The van der Waals surface area contributed by atoms with Gasteiger partial charge in [0.05, 0.1) is 6.54 Å². The van der Waals surface area contributed by atoms with Gasteiger partial charge < -0.3 is 4.74 Å². The van der Waals surface area contributed by atoms with Gasteiger partial charge in [0.25, 0.3) is 6.40 Å². The zero-order valence-corrected chi connectivity index (χ0v) is 6.03. The van der Waals surface area contributed by atoms with Crippen molar-refractivity contribution >= 4 is 6.40 Å². The summed E-state index contributed by atoms with van der Waals surface area (Å²) in [5.41, 5.74) is 1.17. The minimum atomic E-state index is 0.0937. The lowest BCUT2D eigenvalue weighted by molar-refractivity contribution is 0.240. The van der Waals surface area contributed by atoms with E-state index in [1.54, 1.807) is 0 Å². The number of benzene rings is 1. The molecule has 0 fully saturated rings. The van der Waals surface area contributed by atoms with E-state index >= 15 is 0 Å². The second kappa shape index (κ2) is 2.74. The minimum Gasteiger partial charge on any atom is -0.464 e. The first-order chi connectivity index (χ1) is 5.47. The number of hydrogen-bond acceptors (Lipinski definition) is 2. The van der Waals surface area contributed by atoms with Crippen LogP contribution in [0.15, 0.2) is 35.3 Å². The van der Waals surface area contributed by atoms with Crippen LogP contribution in [0, 0.1) is 0 Å². The Kier molecular flexibility index (Phi) is 1.60. The molecule has 1 aliphatic heterocycles. The predicted molar refractivity (Wildman–Crippen MR) is 42.6 cm³/mol. The fourth-order valence-corrected chi connectivity index (χ4v) is 1.10. The highest BCUT2D eigenvalue weighted by molar-refractivity contribution is 5.49. The lowest BCUT2D eigenvalue weighted by atomic mass is 10.1. The first-order valence-corrected chi connectivity index (χ1v) is 3.59. The molecule has 55 valence electrons. The van der Waals surface area contributed by atoms with E-state index in [4.69, 9.17) is 4.74 Å². The second-order valence-electron chi connectivity index (χ2n) is 2.45. The Hall–Kier alpha value is -1.31. The number of rotatable bonds is 1. The van der Waals surface area contributed by atoms with Crippen LogP contribution in [-0.2, 0) is 4.74 Å². The lowest BCUT2D eigenvalue weighted by Gasteiger charge is -2.06. The number of aliphatic imine (C=N–C) groups is 1. The maximum Gasteiger partial charge on any atom is 0.273 e. The summed E-state index contributed by atoms with van der Waals surface area (Å²) in [6.07, 6.45) is 2.59. The van der Waals surface area contributed by atoms with Crippen molar-refractivity contribution in [2.24, 2.45) is 4.99 Å². The van der Waals surface area contributed by atoms with Crippen LogP contribution < -0.4 is 0 Å². The fourth-order valence-electron chi connectivity index (χ4n) is 1.10. The molecule has 2 rings (SSSR count). The van der Waals surface area contributed by atoms with E-state index in [2.05, 4.69) is 11.4 Å². The first-order valence-electron chi connectivity index (χ1n) is 3.59. The fraction of sp³-hybridized carbons (Fsp3) is 0.222. The van der Waals surface area contributed by atoms with Crippen molar-refractivity contribution in [3.8, 4) is 0 Å². The van der Waals surface area contributed by atoms with E-state index in [0.717, 1.165) is 0 Å². The molecule has 0 aliphatic carbocycles. The SMILES string of the molecule is [C]1=NC[C@H](c2ccccc2)O1. The molecule has 1 atom stereocenters. The summed E-state index contributed by atoms with van der Waals surface area (Å²) in [4.78, 5) is 3.87. The quantitative estimate of drug-likeness (QED) is 0.590. The highest BCUT2D eigenvalue weighted by atomic mass is 16.5. The molecule has 0 aromatic heterocycles. The average Bonchev–Trinajstić information content (AvgIpc) is 2.58. The molecule has 2 nitrogen and oxygen atoms in total. The van der Waals surface area contributed by atoms with Crippen molar-refractivity contribution in [2.45, 2.75) is 6.10 Å². The third-order valence-electron chi connectivity index (χ3n) is 1.69. The maximum atomic E-state index is 5.12. The predicted octanol–water partition coefficient (Wildman–Crippen LogP) is 1.66. The van der Waals surface area contributed by atoms with Crippen LogP contribution in [0.5, 0.6) is 0 Å². The monoisotopic (exact) mass is 146 g/mol. The Morgan fingerprint density at radius 2 is 2.18 bits per heavy atom. The van der Waals surface area contributed by atoms with Crippen LogP contribution in [0.2, 0.25) is 0 Å². The van der Waals surface area contributed by atoms with Gasteiger partial charge in [-0.3, -0.25) is 0 Å². The molecule has 1 aromatic carbocycles. The molecule has 0 spiro atoms. The highest BCUT2D eigenvalue weighted by Crippen LogP contribution is 2.19. The van der Waals surface area contributed by atoms with E-state index < -0.39 is 0 Å². The molecule has 0 N–H and O–H groups in total. The van der Waals surface area contributed by atoms with Gasteiger partial charge in [-0.1, -0.05) is 30.3 Å². The summed E-state index contributed by atoms with van der Waals surface area (Å²) in [6.45, 7) is 0.698. The van der Waals surface area contributed by atoms with Crippen LogP contribution in [0.3, 0.4) is 0 Å². The number of ether oxygens (including phenoxy) is 1. The molecule has 0 amide bonds. The van der Waals surface area contributed by atoms with E-state index in [1.165, 1.54) is 5.56 Å². The summed E-state index contributed by atoms with van der Waals surface area (Å²) in [5, 5.41) is 0. The molecule has 1 heterocycles. The van der Waals surface area contributed by atoms with E-state index in [1.807, 2.05) is 30.3 Å². The summed E-state index contributed by atoms with van der Waals surface area (Å²) >= 11 is 0. The number of hydrogen-bond donors (Lipinski definition) is 0. The molecule has 1 radical (unpaired) electrons. The zero-order chi connectivity index (χ0) is 7.52. The van der Waals surface area contributed by atoms with E-state index in [0.29, 0.717) is 6.54 Å². The van der Waals surface area contributed by atoms with Gasteiger partial charge in [0, 0.05) is 0 Å². The van der Waals surface area contributed by atoms with Crippen LogP contribution >= 0.6 is 0 Å². The average molecular weight is 146 g/mol. The third kappa shape index (κ3) is 1.24. The van der Waals surface area contributed by atoms with Crippen LogP contribution in [0.1, 0.15) is 11.7 Å². The topological polar surface area (TPSA) is 21.6 Å². The Balaban J connectivity index is 2.17. The summed E-state index contributed by atoms with van der Waals surface area (Å²) in [6, 6.07) is 10.1. The van der Waals surface area contributed by atoms with Crippen molar-refractivity contribution in [3.63, 3.8) is 0 Å². The molecule has 1 aromatic rings. The maximum absolute atomic E-state index is 5.12. The Morgan fingerprint density at radius 3 is 2.82 bits per heavy atom. The third-order valence-corrected chi connectivity index (χ3v) is 1.69. The molecular formula is C9H8NO. The highest BCUT2D eigenvalue weighted by Gasteiger charge is 2.14. The minimum absolute atomic E-state index is 0.0937. The van der Waals surface area contributed by atoms with Gasteiger partial charge in [-0.05, 0) is 5.56 Å². The van der Waals surface area contributed by atoms with Crippen LogP contribution in [0.25, 0.3) is 0 Å². The molecule has 2 heteroatoms. The van der Waals surface area contributed by atoms with Crippen LogP contribution in [-0.4, -0.2) is 12.9 Å². The molecule has 0 bridgehead atoms. The summed E-state index contributed by atoms with van der Waals surface area (Å²) in [7, 11) is 0.